The van der Waals surface area contributed by atoms with Crippen molar-refractivity contribution in [2.24, 2.45) is 0 Å². The summed E-state index contributed by atoms with van der Waals surface area (Å²) in [6, 6.07) is 11.2. The molecule has 1 aromatic heterocycles. The van der Waals surface area contributed by atoms with Crippen molar-refractivity contribution in [3.63, 3.8) is 0 Å². The summed E-state index contributed by atoms with van der Waals surface area (Å²) in [7, 11) is 0. The van der Waals surface area contributed by atoms with E-state index >= 15 is 0 Å². The van der Waals surface area contributed by atoms with E-state index in [9.17, 15) is 22.4 Å². The van der Waals surface area contributed by atoms with Gasteiger partial charge in [0.2, 0.25) is 11.0 Å². The zero-order valence-corrected chi connectivity index (χ0v) is 20.2. The largest absolute Gasteiger partial charge is 0.416 e. The molecule has 1 atom stereocenters. The lowest BCUT2D eigenvalue weighted by atomic mass is 10.1. The second-order valence-corrected chi connectivity index (χ2v) is 9.74. The van der Waals surface area contributed by atoms with Gasteiger partial charge in [0, 0.05) is 56.4 Å². The Kier molecular flexibility index (Phi) is 6.83. The Morgan fingerprint density at radius 2 is 1.78 bits per heavy atom. The standard InChI is InChI=1S/C25H25F4N5OS/c26-19-8-6-17(7-9-19)15-22-30-24(36-31-22)34-10-2-5-21(34)23(35)33-13-11-32(12-14-33)20-4-1-3-18(16-20)25(27,28)29/h1,3-4,6-9,16,21H,2,5,10-15H2. The summed E-state index contributed by atoms with van der Waals surface area (Å²) in [5, 5.41) is 0.700. The van der Waals surface area contributed by atoms with Gasteiger partial charge in [-0.1, -0.05) is 18.2 Å². The van der Waals surface area contributed by atoms with Crippen molar-refractivity contribution in [1.82, 2.24) is 14.3 Å². The molecule has 6 nitrogen and oxygen atoms in total. The molecule has 1 unspecified atom stereocenters. The van der Waals surface area contributed by atoms with Gasteiger partial charge in [-0.15, -0.1) is 0 Å². The van der Waals surface area contributed by atoms with E-state index in [1.54, 1.807) is 23.1 Å². The third-order valence-corrected chi connectivity index (χ3v) is 7.44. The van der Waals surface area contributed by atoms with Crippen LogP contribution in [0.2, 0.25) is 0 Å². The first kappa shape index (κ1) is 24.5. The molecule has 2 aromatic carbocycles. The average Bonchev–Trinajstić information content (AvgIpc) is 3.54. The summed E-state index contributed by atoms with van der Waals surface area (Å²) in [6.07, 6.45) is -2.31. The van der Waals surface area contributed by atoms with E-state index in [0.29, 0.717) is 55.8 Å². The number of aromatic nitrogens is 2. The molecule has 36 heavy (non-hydrogen) atoms. The van der Waals surface area contributed by atoms with Crippen molar-refractivity contribution in [3.05, 3.63) is 71.3 Å². The lowest BCUT2D eigenvalue weighted by Crippen LogP contribution is -2.53. The van der Waals surface area contributed by atoms with Crippen molar-refractivity contribution in [2.75, 3.05) is 42.5 Å². The average molecular weight is 520 g/mol. The van der Waals surface area contributed by atoms with Crippen LogP contribution in [0.25, 0.3) is 0 Å². The quantitative estimate of drug-likeness (QED) is 0.461. The first-order chi connectivity index (χ1) is 17.3. The fraction of sp³-hybridized carbons (Fsp3) is 0.400. The Bertz CT molecular complexity index is 1210. The van der Waals surface area contributed by atoms with Gasteiger partial charge >= 0.3 is 6.18 Å². The fourth-order valence-electron chi connectivity index (χ4n) is 4.75. The number of amides is 1. The Morgan fingerprint density at radius 1 is 1.03 bits per heavy atom. The van der Waals surface area contributed by atoms with E-state index in [1.807, 2.05) is 9.80 Å². The maximum Gasteiger partial charge on any atom is 0.416 e. The van der Waals surface area contributed by atoms with E-state index in [0.717, 1.165) is 30.5 Å². The highest BCUT2D eigenvalue weighted by Crippen LogP contribution is 2.32. The number of carbonyl (C=O) groups is 1. The molecule has 11 heteroatoms. The minimum atomic E-state index is -4.39. The normalized spacial score (nSPS) is 18.7. The second kappa shape index (κ2) is 10.0. The Hall–Kier alpha value is -3.21. The van der Waals surface area contributed by atoms with Gasteiger partial charge in [-0.05, 0) is 48.7 Å². The summed E-state index contributed by atoms with van der Waals surface area (Å²) in [4.78, 5) is 23.7. The summed E-state index contributed by atoms with van der Waals surface area (Å²) in [5.41, 5.74) is 0.756. The molecule has 5 rings (SSSR count). The van der Waals surface area contributed by atoms with Crippen molar-refractivity contribution < 1.29 is 22.4 Å². The number of hydrogen-bond acceptors (Lipinski definition) is 6. The van der Waals surface area contributed by atoms with Crippen LogP contribution >= 0.6 is 11.5 Å². The number of rotatable bonds is 5. The van der Waals surface area contributed by atoms with Crippen LogP contribution in [0.1, 0.15) is 29.8 Å². The number of alkyl halides is 3. The highest BCUT2D eigenvalue weighted by atomic mass is 32.1. The van der Waals surface area contributed by atoms with Crippen LogP contribution < -0.4 is 9.80 Å². The smallest absolute Gasteiger partial charge is 0.368 e. The van der Waals surface area contributed by atoms with E-state index in [2.05, 4.69) is 9.36 Å². The first-order valence-electron chi connectivity index (χ1n) is 11.8. The minimum absolute atomic E-state index is 0.0199. The molecule has 0 bridgehead atoms. The SMILES string of the molecule is O=C(C1CCCN1c1nc(Cc2ccc(F)cc2)ns1)N1CCN(c2cccc(C(F)(F)F)c2)CC1. The van der Waals surface area contributed by atoms with Crippen LogP contribution in [0.15, 0.2) is 48.5 Å². The van der Waals surface area contributed by atoms with Gasteiger partial charge < -0.3 is 14.7 Å². The third kappa shape index (κ3) is 5.30. The van der Waals surface area contributed by atoms with E-state index in [4.69, 9.17) is 0 Å². The number of nitrogens with zero attached hydrogens (tertiary/aromatic N) is 5. The number of benzene rings is 2. The van der Waals surface area contributed by atoms with Crippen molar-refractivity contribution in [3.8, 4) is 0 Å². The van der Waals surface area contributed by atoms with Crippen LogP contribution in [0, 0.1) is 5.82 Å². The van der Waals surface area contributed by atoms with Crippen molar-refractivity contribution in [1.29, 1.82) is 0 Å². The number of anilines is 2. The molecule has 2 saturated heterocycles. The number of carbonyl (C=O) groups excluding carboxylic acids is 1. The molecule has 190 valence electrons. The molecule has 1 amide bonds. The van der Waals surface area contributed by atoms with Gasteiger partial charge in [0.05, 0.1) is 5.56 Å². The van der Waals surface area contributed by atoms with Gasteiger partial charge in [0.25, 0.3) is 0 Å². The Balaban J connectivity index is 1.21. The predicted molar refractivity (Wildman–Crippen MR) is 130 cm³/mol. The lowest BCUT2D eigenvalue weighted by molar-refractivity contribution is -0.137. The molecule has 3 aromatic rings. The highest BCUT2D eigenvalue weighted by molar-refractivity contribution is 7.09. The van der Waals surface area contributed by atoms with Crippen LogP contribution in [0.3, 0.4) is 0 Å². The topological polar surface area (TPSA) is 52.6 Å². The maximum absolute atomic E-state index is 13.4. The molecule has 0 N–H and O–H groups in total. The number of piperazine rings is 1. The third-order valence-electron chi connectivity index (χ3n) is 6.65. The molecule has 2 aliphatic rings. The van der Waals surface area contributed by atoms with Crippen LogP contribution in [-0.4, -0.2) is 58.9 Å². The molecule has 2 fully saturated rings. The monoisotopic (exact) mass is 519 g/mol. The second-order valence-electron chi connectivity index (χ2n) is 9.01. The number of halogens is 4. The van der Waals surface area contributed by atoms with Crippen molar-refractivity contribution >= 4 is 28.3 Å². The zero-order valence-electron chi connectivity index (χ0n) is 19.4. The van der Waals surface area contributed by atoms with Crippen LogP contribution in [-0.2, 0) is 17.4 Å². The molecular weight excluding hydrogens is 494 g/mol. The molecule has 2 aliphatic heterocycles. The molecule has 0 radical (unpaired) electrons. The minimum Gasteiger partial charge on any atom is -0.368 e. The Morgan fingerprint density at radius 3 is 2.50 bits per heavy atom. The lowest BCUT2D eigenvalue weighted by Gasteiger charge is -2.38. The first-order valence-corrected chi connectivity index (χ1v) is 12.6. The molecule has 0 spiro atoms. The number of hydrogen-bond donors (Lipinski definition) is 0. The fourth-order valence-corrected chi connectivity index (χ4v) is 5.51. The summed E-state index contributed by atoms with van der Waals surface area (Å²) in [5.74, 6) is 0.362. The van der Waals surface area contributed by atoms with E-state index < -0.39 is 11.7 Å². The summed E-state index contributed by atoms with van der Waals surface area (Å²) < 4.78 is 56.8. The van der Waals surface area contributed by atoms with Gasteiger partial charge in [-0.3, -0.25) is 4.79 Å². The van der Waals surface area contributed by atoms with Gasteiger partial charge in [0.15, 0.2) is 0 Å². The summed E-state index contributed by atoms with van der Waals surface area (Å²) >= 11 is 1.26. The molecular formula is C25H25F4N5OS. The van der Waals surface area contributed by atoms with Gasteiger partial charge in [0.1, 0.15) is 17.7 Å². The summed E-state index contributed by atoms with van der Waals surface area (Å²) in [6.45, 7) is 2.56. The predicted octanol–water partition coefficient (Wildman–Crippen LogP) is 4.60. The molecule has 0 aliphatic carbocycles. The molecule has 3 heterocycles. The highest BCUT2D eigenvalue weighted by Gasteiger charge is 2.37. The maximum atomic E-state index is 13.4. The van der Waals surface area contributed by atoms with Crippen LogP contribution in [0.4, 0.5) is 28.4 Å². The Labute approximate surface area is 210 Å². The van der Waals surface area contributed by atoms with Gasteiger partial charge in [-0.2, -0.15) is 17.5 Å². The van der Waals surface area contributed by atoms with Gasteiger partial charge in [-0.25, -0.2) is 9.37 Å². The van der Waals surface area contributed by atoms with Crippen LogP contribution in [0.5, 0.6) is 0 Å². The molecule has 0 saturated carbocycles. The van der Waals surface area contributed by atoms with E-state index in [1.165, 1.54) is 29.7 Å². The zero-order chi connectivity index (χ0) is 25.3. The van der Waals surface area contributed by atoms with E-state index in [-0.39, 0.29) is 17.8 Å². The van der Waals surface area contributed by atoms with Crippen molar-refractivity contribution in [2.45, 2.75) is 31.5 Å².